The zero-order valence-electron chi connectivity index (χ0n) is 21.2. The van der Waals surface area contributed by atoms with Crippen molar-refractivity contribution in [1.29, 1.82) is 0 Å². The highest BCUT2D eigenvalue weighted by Gasteiger charge is 2.39. The van der Waals surface area contributed by atoms with Crippen LogP contribution in [0.2, 0.25) is 5.02 Å². The molecule has 5 rings (SSSR count). The van der Waals surface area contributed by atoms with Crippen LogP contribution in [0.3, 0.4) is 0 Å². The van der Waals surface area contributed by atoms with E-state index in [1.165, 1.54) is 22.9 Å². The van der Waals surface area contributed by atoms with E-state index in [9.17, 15) is 14.4 Å². The molecule has 9 heteroatoms. The van der Waals surface area contributed by atoms with E-state index in [-0.39, 0.29) is 23.1 Å². The molecule has 39 heavy (non-hydrogen) atoms. The second-order valence-electron chi connectivity index (χ2n) is 8.99. The Morgan fingerprint density at radius 2 is 1.62 bits per heavy atom. The summed E-state index contributed by atoms with van der Waals surface area (Å²) in [6, 6.07) is 22.9. The van der Waals surface area contributed by atoms with Gasteiger partial charge >= 0.3 is 0 Å². The molecular weight excluding hydrogens is 534 g/mol. The Morgan fingerprint density at radius 1 is 0.897 bits per heavy atom. The number of imide groups is 1. The van der Waals surface area contributed by atoms with Gasteiger partial charge in [-0.05, 0) is 97.8 Å². The molecule has 2 heterocycles. The zero-order chi connectivity index (χ0) is 27.5. The maximum atomic E-state index is 13.4. The van der Waals surface area contributed by atoms with Crippen molar-refractivity contribution in [3.8, 4) is 0 Å². The molecule has 0 saturated heterocycles. The molecule has 0 unspecified atom stereocenters. The van der Waals surface area contributed by atoms with Gasteiger partial charge in [-0.1, -0.05) is 29.4 Å². The van der Waals surface area contributed by atoms with Crippen LogP contribution >= 0.6 is 23.4 Å². The Labute approximate surface area is 234 Å². The number of hydrogen-bond acceptors (Lipinski definition) is 6. The molecule has 196 valence electrons. The molecule has 0 saturated carbocycles. The average molecular weight is 558 g/mol. The number of carbonyl (C=O) groups is 3. The van der Waals surface area contributed by atoms with Crippen LogP contribution in [0.5, 0.6) is 0 Å². The molecule has 4 aromatic rings. The number of hydrogen-bond donors (Lipinski definition) is 2. The van der Waals surface area contributed by atoms with Gasteiger partial charge in [-0.2, -0.15) is 0 Å². The van der Waals surface area contributed by atoms with E-state index in [1.54, 1.807) is 60.7 Å². The number of furan rings is 1. The van der Waals surface area contributed by atoms with Gasteiger partial charge in [0.2, 0.25) is 0 Å². The van der Waals surface area contributed by atoms with Crippen molar-refractivity contribution >= 4 is 52.5 Å². The van der Waals surface area contributed by atoms with Crippen molar-refractivity contribution in [2.45, 2.75) is 25.3 Å². The smallest absolute Gasteiger partial charge is 0.278 e. The second-order valence-corrected chi connectivity index (χ2v) is 10.5. The number of carbonyl (C=O) groups excluding carboxylic acids is 3. The minimum Gasteiger partial charge on any atom is -0.467 e. The van der Waals surface area contributed by atoms with Crippen LogP contribution in [0.15, 0.2) is 105 Å². The number of nitrogens with zero attached hydrogens (tertiary/aromatic N) is 1. The standard InChI is InChI=1S/C30H24ClN3O4S/c1-18-5-10-23(16-19(18)2)32-26-27(30(37)34(29(26)36)17-24-4-3-15-38-24)39-25-13-11-22(12-14-25)33-28(35)20-6-8-21(31)9-7-20/h3-16,32H,17H2,1-2H3,(H,33,35). The lowest BCUT2D eigenvalue weighted by Gasteiger charge is -2.14. The Balaban J connectivity index is 1.38. The van der Waals surface area contributed by atoms with Crippen LogP contribution in [-0.4, -0.2) is 22.6 Å². The lowest BCUT2D eigenvalue weighted by molar-refractivity contribution is -0.138. The monoisotopic (exact) mass is 557 g/mol. The number of anilines is 2. The molecule has 7 nitrogen and oxygen atoms in total. The summed E-state index contributed by atoms with van der Waals surface area (Å²) in [7, 11) is 0. The number of aryl methyl sites for hydroxylation is 2. The first-order chi connectivity index (χ1) is 18.8. The van der Waals surface area contributed by atoms with Crippen molar-refractivity contribution in [2.75, 3.05) is 10.6 Å². The Bertz CT molecular complexity index is 1580. The summed E-state index contributed by atoms with van der Waals surface area (Å²) >= 11 is 7.09. The highest BCUT2D eigenvalue weighted by molar-refractivity contribution is 8.04. The number of halogens is 1. The summed E-state index contributed by atoms with van der Waals surface area (Å²) < 4.78 is 5.38. The summed E-state index contributed by atoms with van der Waals surface area (Å²) in [6.07, 6.45) is 1.50. The highest BCUT2D eigenvalue weighted by atomic mass is 35.5. The van der Waals surface area contributed by atoms with Gasteiger partial charge in [-0.3, -0.25) is 19.3 Å². The SMILES string of the molecule is Cc1ccc(NC2=C(Sc3ccc(NC(=O)c4ccc(Cl)cc4)cc3)C(=O)N(Cc3ccco3)C2=O)cc1C. The first-order valence-electron chi connectivity index (χ1n) is 12.1. The summed E-state index contributed by atoms with van der Waals surface area (Å²) in [6.45, 7) is 4.03. The minimum atomic E-state index is -0.427. The van der Waals surface area contributed by atoms with Crippen LogP contribution in [-0.2, 0) is 16.1 Å². The third kappa shape index (κ3) is 5.92. The van der Waals surface area contributed by atoms with Crippen LogP contribution in [0.25, 0.3) is 0 Å². The van der Waals surface area contributed by atoms with Crippen LogP contribution < -0.4 is 10.6 Å². The number of rotatable bonds is 8. The fourth-order valence-electron chi connectivity index (χ4n) is 3.95. The Kier molecular flexibility index (Phi) is 7.58. The molecule has 3 aromatic carbocycles. The van der Waals surface area contributed by atoms with Crippen molar-refractivity contribution in [2.24, 2.45) is 0 Å². The van der Waals surface area contributed by atoms with Crippen LogP contribution in [0, 0.1) is 13.8 Å². The summed E-state index contributed by atoms with van der Waals surface area (Å²) in [5.74, 6) is -0.592. The van der Waals surface area contributed by atoms with E-state index in [0.29, 0.717) is 27.7 Å². The van der Waals surface area contributed by atoms with Gasteiger partial charge in [0.05, 0.1) is 12.8 Å². The minimum absolute atomic E-state index is 0.0303. The van der Waals surface area contributed by atoms with Crippen molar-refractivity contribution in [1.82, 2.24) is 4.90 Å². The van der Waals surface area contributed by atoms with Gasteiger partial charge in [0, 0.05) is 26.9 Å². The fraction of sp³-hybridized carbons (Fsp3) is 0.100. The predicted octanol–water partition coefficient (Wildman–Crippen LogP) is 6.79. The quantitative estimate of drug-likeness (QED) is 0.232. The molecule has 2 N–H and O–H groups in total. The molecule has 1 aliphatic heterocycles. The lowest BCUT2D eigenvalue weighted by Crippen LogP contribution is -2.31. The van der Waals surface area contributed by atoms with E-state index < -0.39 is 11.8 Å². The van der Waals surface area contributed by atoms with Crippen molar-refractivity contribution in [3.05, 3.63) is 123 Å². The van der Waals surface area contributed by atoms with Gasteiger partial charge in [0.25, 0.3) is 17.7 Å². The summed E-state index contributed by atoms with van der Waals surface area (Å²) in [4.78, 5) is 41.6. The first-order valence-corrected chi connectivity index (χ1v) is 13.3. The maximum absolute atomic E-state index is 13.4. The number of thioether (sulfide) groups is 1. The van der Waals surface area contributed by atoms with Crippen LogP contribution in [0.1, 0.15) is 27.2 Å². The largest absolute Gasteiger partial charge is 0.467 e. The van der Waals surface area contributed by atoms with E-state index in [0.717, 1.165) is 16.0 Å². The highest BCUT2D eigenvalue weighted by Crippen LogP contribution is 2.37. The third-order valence-electron chi connectivity index (χ3n) is 6.23. The van der Waals surface area contributed by atoms with E-state index in [2.05, 4.69) is 10.6 Å². The molecule has 0 spiro atoms. The summed E-state index contributed by atoms with van der Waals surface area (Å²) in [5.41, 5.74) is 4.19. The molecule has 3 amide bonds. The van der Waals surface area contributed by atoms with Gasteiger partial charge in [-0.25, -0.2) is 0 Å². The Morgan fingerprint density at radius 3 is 2.28 bits per heavy atom. The number of amides is 3. The van der Waals surface area contributed by atoms with E-state index >= 15 is 0 Å². The molecule has 0 fully saturated rings. The molecule has 1 aliphatic rings. The molecule has 1 aromatic heterocycles. The zero-order valence-corrected chi connectivity index (χ0v) is 22.7. The molecule has 0 bridgehead atoms. The maximum Gasteiger partial charge on any atom is 0.278 e. The van der Waals surface area contributed by atoms with E-state index in [1.807, 2.05) is 32.0 Å². The van der Waals surface area contributed by atoms with Gasteiger partial charge < -0.3 is 15.1 Å². The van der Waals surface area contributed by atoms with Gasteiger partial charge in [0.15, 0.2) is 0 Å². The number of benzene rings is 3. The number of nitrogens with one attached hydrogen (secondary N) is 2. The van der Waals surface area contributed by atoms with Crippen molar-refractivity contribution < 1.29 is 18.8 Å². The molecule has 0 radical (unpaired) electrons. The molecular formula is C30H24ClN3O4S. The molecule has 0 atom stereocenters. The van der Waals surface area contributed by atoms with Crippen molar-refractivity contribution in [3.63, 3.8) is 0 Å². The average Bonchev–Trinajstić information content (AvgIpc) is 3.51. The van der Waals surface area contributed by atoms with Gasteiger partial charge in [0.1, 0.15) is 16.4 Å². The topological polar surface area (TPSA) is 91.7 Å². The predicted molar refractivity (Wildman–Crippen MR) is 153 cm³/mol. The second kappa shape index (κ2) is 11.2. The lowest BCUT2D eigenvalue weighted by atomic mass is 10.1. The van der Waals surface area contributed by atoms with Crippen LogP contribution in [0.4, 0.5) is 11.4 Å². The molecule has 0 aliphatic carbocycles. The Hall–Kier alpha value is -4.27. The first kappa shape index (κ1) is 26.3. The van der Waals surface area contributed by atoms with Gasteiger partial charge in [-0.15, -0.1) is 0 Å². The third-order valence-corrected chi connectivity index (χ3v) is 7.58. The normalized spacial score (nSPS) is 13.3. The summed E-state index contributed by atoms with van der Waals surface area (Å²) in [5, 5.41) is 6.57. The van der Waals surface area contributed by atoms with E-state index in [4.69, 9.17) is 16.0 Å². The fourth-order valence-corrected chi connectivity index (χ4v) is 5.02.